The van der Waals surface area contributed by atoms with Gasteiger partial charge in [-0.3, -0.25) is 0 Å². The molecule has 140 heavy (non-hydrogen) atoms. The fourth-order valence-electron chi connectivity index (χ4n) is 22.6. The van der Waals surface area contributed by atoms with Gasteiger partial charge in [0.15, 0.2) is 45.9 Å². The Morgan fingerprint density at radius 1 is 0.293 bits per heavy atom. The highest BCUT2D eigenvalue weighted by molar-refractivity contribution is 6.01. The average molecular weight is 1850 g/mol. The first-order chi connectivity index (χ1) is 70.3. The number of aromatic nitrogens is 6. The molecular weight excluding hydrogens is 1700 g/mol. The lowest BCUT2D eigenvalue weighted by atomic mass is 9.78. The second-order valence-electron chi connectivity index (χ2n) is 48.0. The number of pyridine rings is 2. The van der Waals surface area contributed by atoms with E-state index in [2.05, 4.69) is 366 Å². The molecule has 17 aromatic rings. The highest BCUT2D eigenvalue weighted by Crippen LogP contribution is 2.61. The Morgan fingerprint density at radius 2 is 0.650 bits per heavy atom. The zero-order chi connectivity index (χ0) is 109. The Kier molecular flexibility index (Phi) is 17.9. The SMILES string of the molecule is [2H]C(C)(C)c1cccc(C([2H])(C)C)c1-c1ccc(-n2c3[n+]4c5c(cccc52)-c2cc(C(C)(C)C)cc5c2C4(Oc2c-3cc(C(C)(C)C)cc2C(C)(C)C)[n+]2ccc(-c3ccc(-c4ccccc4)cc3)cc2-5)cc1.[2H]c1c([2H])c(C(C)(C)C)c([2H])c([2H])c1-c1c([2H])c([2H])[n+]2c(c1[2H])-c1cc(C(C)(C)C)cc3c1C21Oc2c(cc(C(C)(C)C)cc2C(C)(C)C)-c2n(-c4ccc(-c5c(C([2H])(C)C)cccc5C([2H])(C)C)cc4)c4cccc-3c4[n+]21. The number of ether oxygens (including phenoxy) is 2. The van der Waals surface area contributed by atoms with Gasteiger partial charge in [-0.15, -0.1) is 18.3 Å². The summed E-state index contributed by atoms with van der Waals surface area (Å²) in [5.74, 6) is -3.20. The molecular formula is C132H138N6O2+4. The largest absolute Gasteiger partial charge is 0.499 e. The molecule has 8 nitrogen and oxygen atoms in total. The molecule has 10 heterocycles. The molecule has 13 aromatic carbocycles. The van der Waals surface area contributed by atoms with Crippen molar-refractivity contribution in [3.63, 3.8) is 0 Å². The molecule has 2 atom stereocenters. The first-order valence-corrected chi connectivity index (χ1v) is 50.0. The predicted octanol–water partition coefficient (Wildman–Crippen LogP) is 32.8. The van der Waals surface area contributed by atoms with Crippen molar-refractivity contribution in [1.29, 1.82) is 0 Å². The summed E-state index contributed by atoms with van der Waals surface area (Å²) in [4.78, 5) is 0. The van der Waals surface area contributed by atoms with Gasteiger partial charge in [0.25, 0.3) is 0 Å². The van der Waals surface area contributed by atoms with E-state index in [0.717, 1.165) is 157 Å². The quantitative estimate of drug-likeness (QED) is 0.121. The molecule has 2 spiro atoms. The van der Waals surface area contributed by atoms with Gasteiger partial charge in [-0.1, -0.05) is 364 Å². The van der Waals surface area contributed by atoms with Crippen molar-refractivity contribution in [3.05, 3.63) is 358 Å². The zero-order valence-corrected chi connectivity index (χ0v) is 87.1. The normalized spacial score (nSPS) is 17.2. The van der Waals surface area contributed by atoms with Gasteiger partial charge in [0, 0.05) is 63.1 Å². The third-order valence-electron chi connectivity index (χ3n) is 30.1. The molecule has 0 radical (unpaired) electrons. The molecule has 0 saturated heterocycles. The van der Waals surface area contributed by atoms with Crippen molar-refractivity contribution in [1.82, 2.24) is 9.13 Å². The second kappa shape index (κ2) is 31.6. The van der Waals surface area contributed by atoms with Gasteiger partial charge < -0.3 is 9.47 Å². The van der Waals surface area contributed by atoms with Crippen molar-refractivity contribution >= 4 is 22.1 Å². The van der Waals surface area contributed by atoms with Gasteiger partial charge in [0.1, 0.15) is 35.0 Å². The van der Waals surface area contributed by atoms with Gasteiger partial charge in [-0.05, 0) is 252 Å². The maximum atomic E-state index is 10.5. The molecule has 4 aromatic heterocycles. The van der Waals surface area contributed by atoms with Crippen LogP contribution in [0.2, 0.25) is 0 Å². The van der Waals surface area contributed by atoms with Crippen LogP contribution in [0.25, 0.3) is 157 Å². The number of para-hydroxylation sites is 2. The average Bonchev–Trinajstić information content (AvgIpc) is 1.48. The first-order valence-electron chi connectivity index (χ1n) is 55.5. The van der Waals surface area contributed by atoms with Crippen LogP contribution in [0.15, 0.2) is 285 Å². The summed E-state index contributed by atoms with van der Waals surface area (Å²) in [7, 11) is 0. The Bertz CT molecular complexity index is 8640. The molecule has 0 amide bonds. The van der Waals surface area contributed by atoms with E-state index in [0.29, 0.717) is 16.9 Å². The van der Waals surface area contributed by atoms with Crippen LogP contribution in [0, 0.1) is 0 Å². The molecule has 6 aliphatic rings. The predicted molar refractivity (Wildman–Crippen MR) is 581 cm³/mol. The minimum atomic E-state index is -1.75. The van der Waals surface area contributed by atoms with E-state index in [-0.39, 0.29) is 80.4 Å². The Hall–Kier alpha value is -13.3. The number of hydrogen-bond acceptors (Lipinski definition) is 2. The molecule has 0 N–H and O–H groups in total. The number of fused-ring (bicyclic) bond motifs is 10. The van der Waals surface area contributed by atoms with Crippen LogP contribution in [0.3, 0.4) is 0 Å². The summed E-state index contributed by atoms with van der Waals surface area (Å²) in [5, 5.41) is 0. The molecule has 6 aliphatic heterocycles. The van der Waals surface area contributed by atoms with E-state index in [1.54, 1.807) is 4.57 Å². The smallest absolute Gasteiger partial charge is 0.392 e. The maximum absolute atomic E-state index is 10.5. The lowest BCUT2D eigenvalue weighted by molar-refractivity contribution is -0.998. The van der Waals surface area contributed by atoms with Crippen LogP contribution in [0.5, 0.6) is 11.5 Å². The molecule has 0 fully saturated rings. The maximum Gasteiger partial charge on any atom is 0.499 e. The zero-order valence-electron chi connectivity index (χ0n) is 98.1. The van der Waals surface area contributed by atoms with Crippen molar-refractivity contribution in [2.75, 3.05) is 0 Å². The minimum absolute atomic E-state index is 0.136. The van der Waals surface area contributed by atoms with E-state index in [1.807, 2.05) is 100 Å². The fraction of sp³-hybridized carbons (Fsp3) is 0.318. The number of hydrogen-bond donors (Lipinski definition) is 0. The summed E-state index contributed by atoms with van der Waals surface area (Å²) in [5.41, 5.74) is 32.9. The van der Waals surface area contributed by atoms with Crippen LogP contribution in [0.1, 0.15) is 312 Å². The molecule has 0 bridgehead atoms. The number of imidazole rings is 2. The first kappa shape index (κ1) is 79.5. The second-order valence-corrected chi connectivity index (χ2v) is 48.0. The van der Waals surface area contributed by atoms with E-state index in [9.17, 15) is 15.1 Å². The summed E-state index contributed by atoms with van der Waals surface area (Å²) in [6, 6.07) is 83.4. The third-order valence-corrected chi connectivity index (χ3v) is 30.1. The minimum Gasteiger partial charge on any atom is -0.392 e. The fourth-order valence-corrected chi connectivity index (χ4v) is 22.6. The molecule has 8 heteroatoms. The van der Waals surface area contributed by atoms with Gasteiger partial charge in [-0.2, -0.15) is 9.13 Å². The van der Waals surface area contributed by atoms with Crippen LogP contribution < -0.4 is 27.7 Å². The van der Waals surface area contributed by atoms with Crippen LogP contribution in [-0.4, -0.2) is 9.13 Å². The van der Waals surface area contributed by atoms with Gasteiger partial charge >= 0.3 is 23.3 Å². The summed E-state index contributed by atoms with van der Waals surface area (Å²) in [6.45, 7) is 61.3. The van der Waals surface area contributed by atoms with E-state index in [4.69, 9.17) is 9.47 Å². The summed E-state index contributed by atoms with van der Waals surface area (Å²) in [6.07, 6.45) is 1.97. The van der Waals surface area contributed by atoms with Gasteiger partial charge in [-0.25, -0.2) is 0 Å². The van der Waals surface area contributed by atoms with Crippen molar-refractivity contribution < 1.29 is 42.8 Å². The molecule has 23 rings (SSSR count). The van der Waals surface area contributed by atoms with Crippen molar-refractivity contribution in [2.24, 2.45) is 0 Å². The molecule has 2 unspecified atom stereocenters. The number of rotatable bonds is 11. The highest BCUT2D eigenvalue weighted by Gasteiger charge is 2.71. The lowest BCUT2D eigenvalue weighted by Crippen LogP contribution is -2.78. The Morgan fingerprint density at radius 3 is 1.05 bits per heavy atom. The Balaban J connectivity index is 0.000000171. The van der Waals surface area contributed by atoms with Gasteiger partial charge in [0.2, 0.25) is 11.4 Å². The van der Waals surface area contributed by atoms with E-state index >= 15 is 0 Å². The molecule has 0 saturated carbocycles. The van der Waals surface area contributed by atoms with E-state index in [1.165, 1.54) is 44.5 Å². The Labute approximate surface area is 846 Å². The number of benzene rings is 13. The third kappa shape index (κ3) is 14.0. The van der Waals surface area contributed by atoms with E-state index < -0.39 is 57.6 Å². The van der Waals surface area contributed by atoms with Crippen LogP contribution in [-0.2, 0) is 49.6 Å². The number of nitrogens with zero attached hydrogens (tertiary/aromatic N) is 6. The van der Waals surface area contributed by atoms with Crippen LogP contribution in [0.4, 0.5) is 0 Å². The summed E-state index contributed by atoms with van der Waals surface area (Å²) < 4.78 is 135. The summed E-state index contributed by atoms with van der Waals surface area (Å²) >= 11 is 0. The topological polar surface area (TPSA) is 43.8 Å². The van der Waals surface area contributed by atoms with Crippen molar-refractivity contribution in [3.8, 4) is 146 Å². The lowest BCUT2D eigenvalue weighted by Gasteiger charge is -2.36. The highest BCUT2D eigenvalue weighted by atomic mass is 16.5. The van der Waals surface area contributed by atoms with Crippen molar-refractivity contribution in [2.45, 2.75) is 274 Å². The molecule has 704 valence electrons. The molecule has 0 aliphatic carbocycles. The van der Waals surface area contributed by atoms with Gasteiger partial charge in [0.05, 0.1) is 19.4 Å². The monoisotopic (exact) mass is 1850 g/mol. The standard InChI is InChI=1S/C67H67N3O.C65H71N3O/c1-40(2)50-21-17-22-51(41(3)4)59(50)45-29-31-49(32-30-45)69-57-24-18-23-52-53-36-47(64(5,6)7)37-54-58-35-46(44-27-25-43(26-28-44)42-19-15-14-16-20-42)33-34-68(58)67(60(53)54)70(61(52)57)63(69)55-38-48(65(8,9)10)39-56(62(55)71-67)66(11,12)13;1-38(2)47-19-17-20-48(39(3)4)56(47)41-25-29-46(30-26-41)67-54-22-18-21-49-50-34-44(62(8,9)10)35-51-55-33-42(40-23-27-43(28-24-40)61(5,6)7)31-32-66(55)65(57(50)51)68(58(49)54)60(67)52-36-45(63(11,12)13)37-53(59(52)69-65)64(14,15)16/h14-41H,1-13H3;17-39H,1-16H3/q2*+2/i40D,41D;23D,24D,27D,28D,31D,32D,33D,38D,39D. The van der Waals surface area contributed by atoms with Crippen LogP contribution >= 0.6 is 0 Å².